The average Bonchev–Trinajstić information content (AvgIpc) is 3.29. The molecule has 8 heteroatoms. The standard InChI is InChI=1S/C21H24N4O4/c1-2-28-20(27)17-18(16-9-6-14-29-16)22-21(23-19(17)26)25-12-10-24(11-13-25)15-7-4-3-5-8-15/h3-9,14,17-18H,2,10-13H2,1H3,(H,22,23,26)/t17-,18-/m0/s1. The summed E-state index contributed by atoms with van der Waals surface area (Å²) in [5, 5.41) is 2.80. The summed E-state index contributed by atoms with van der Waals surface area (Å²) < 4.78 is 10.6. The van der Waals surface area contributed by atoms with Crippen molar-refractivity contribution in [2.45, 2.75) is 13.0 Å². The molecule has 8 nitrogen and oxygen atoms in total. The maximum absolute atomic E-state index is 12.8. The number of esters is 1. The smallest absolute Gasteiger partial charge is 0.321 e. The number of carbonyl (C=O) groups is 2. The van der Waals surface area contributed by atoms with Crippen LogP contribution in [0.15, 0.2) is 58.1 Å². The molecule has 1 fully saturated rings. The number of rotatable bonds is 4. The molecule has 0 aliphatic carbocycles. The van der Waals surface area contributed by atoms with E-state index in [1.807, 2.05) is 23.1 Å². The topological polar surface area (TPSA) is 87.4 Å². The Hall–Kier alpha value is -3.29. The minimum absolute atomic E-state index is 0.200. The van der Waals surface area contributed by atoms with Crippen LogP contribution in [-0.2, 0) is 14.3 Å². The summed E-state index contributed by atoms with van der Waals surface area (Å²) in [6.45, 7) is 4.95. The predicted molar refractivity (Wildman–Crippen MR) is 107 cm³/mol. The highest BCUT2D eigenvalue weighted by Gasteiger charge is 2.43. The third kappa shape index (κ3) is 3.96. The van der Waals surface area contributed by atoms with Gasteiger partial charge in [-0.05, 0) is 31.2 Å². The molecule has 1 amide bonds. The second kappa shape index (κ2) is 8.38. The quantitative estimate of drug-likeness (QED) is 0.627. The number of piperazine rings is 1. The van der Waals surface area contributed by atoms with Gasteiger partial charge in [-0.1, -0.05) is 18.2 Å². The van der Waals surface area contributed by atoms with E-state index in [-0.39, 0.29) is 6.61 Å². The molecule has 4 rings (SSSR count). The first-order valence-corrected chi connectivity index (χ1v) is 9.81. The van der Waals surface area contributed by atoms with Crippen LogP contribution in [0.1, 0.15) is 18.7 Å². The molecular weight excluding hydrogens is 372 g/mol. The molecule has 29 heavy (non-hydrogen) atoms. The van der Waals surface area contributed by atoms with Gasteiger partial charge in [-0.15, -0.1) is 0 Å². The highest BCUT2D eigenvalue weighted by Crippen LogP contribution is 2.31. The summed E-state index contributed by atoms with van der Waals surface area (Å²) in [5.74, 6) is -1.12. The normalized spacial score (nSPS) is 22.1. The number of hydrogen-bond acceptors (Lipinski definition) is 7. The third-order valence-electron chi connectivity index (χ3n) is 5.17. The Labute approximate surface area is 169 Å². The second-order valence-electron chi connectivity index (χ2n) is 6.94. The van der Waals surface area contributed by atoms with Crippen molar-refractivity contribution in [2.75, 3.05) is 37.7 Å². The van der Waals surface area contributed by atoms with Gasteiger partial charge in [-0.3, -0.25) is 14.9 Å². The Morgan fingerprint density at radius 2 is 1.86 bits per heavy atom. The maximum atomic E-state index is 12.8. The summed E-state index contributed by atoms with van der Waals surface area (Å²) in [7, 11) is 0. The molecule has 0 radical (unpaired) electrons. The van der Waals surface area contributed by atoms with E-state index in [1.165, 1.54) is 12.0 Å². The minimum Gasteiger partial charge on any atom is -0.467 e. The second-order valence-corrected chi connectivity index (χ2v) is 6.94. The fraction of sp³-hybridized carbons (Fsp3) is 0.381. The first-order chi connectivity index (χ1) is 14.2. The first-order valence-electron chi connectivity index (χ1n) is 9.81. The van der Waals surface area contributed by atoms with E-state index in [1.54, 1.807) is 19.1 Å². The lowest BCUT2D eigenvalue weighted by Crippen LogP contribution is -2.57. The molecule has 2 aliphatic heterocycles. The number of nitrogens with zero attached hydrogens (tertiary/aromatic N) is 3. The molecule has 0 bridgehead atoms. The molecule has 1 aromatic carbocycles. The molecule has 0 unspecified atom stereocenters. The van der Waals surface area contributed by atoms with Crippen LogP contribution in [-0.4, -0.2) is 55.5 Å². The van der Waals surface area contributed by atoms with Gasteiger partial charge >= 0.3 is 5.97 Å². The van der Waals surface area contributed by atoms with Crippen LogP contribution in [0.3, 0.4) is 0 Å². The van der Waals surface area contributed by atoms with Crippen LogP contribution in [0.25, 0.3) is 0 Å². The molecular formula is C21H24N4O4. The third-order valence-corrected chi connectivity index (χ3v) is 5.17. The van der Waals surface area contributed by atoms with Crippen molar-refractivity contribution in [3.63, 3.8) is 0 Å². The van der Waals surface area contributed by atoms with Gasteiger partial charge < -0.3 is 19.0 Å². The molecule has 1 aromatic heterocycles. The minimum atomic E-state index is -1.06. The van der Waals surface area contributed by atoms with E-state index < -0.39 is 23.8 Å². The van der Waals surface area contributed by atoms with E-state index >= 15 is 0 Å². The van der Waals surface area contributed by atoms with Gasteiger partial charge in [0, 0.05) is 31.9 Å². The van der Waals surface area contributed by atoms with Crippen LogP contribution in [0.2, 0.25) is 0 Å². The molecule has 0 saturated carbocycles. The van der Waals surface area contributed by atoms with Crippen molar-refractivity contribution in [3.05, 3.63) is 54.5 Å². The molecule has 2 aromatic rings. The summed E-state index contributed by atoms with van der Waals surface area (Å²) in [6, 6.07) is 12.9. The first kappa shape index (κ1) is 19.0. The van der Waals surface area contributed by atoms with Gasteiger partial charge in [0.2, 0.25) is 11.9 Å². The number of nitrogens with one attached hydrogen (secondary N) is 1. The number of carbonyl (C=O) groups excluding carboxylic acids is 2. The van der Waals surface area contributed by atoms with Crippen molar-refractivity contribution in [2.24, 2.45) is 10.9 Å². The van der Waals surface area contributed by atoms with Gasteiger partial charge in [0.05, 0.1) is 12.9 Å². The maximum Gasteiger partial charge on any atom is 0.321 e. The molecule has 2 aliphatic rings. The number of hydrogen-bond donors (Lipinski definition) is 1. The number of aliphatic imine (C=N–C) groups is 1. The average molecular weight is 396 g/mol. The Morgan fingerprint density at radius 1 is 1.14 bits per heavy atom. The van der Waals surface area contributed by atoms with E-state index in [4.69, 9.17) is 9.15 Å². The van der Waals surface area contributed by atoms with Gasteiger partial charge in [0.15, 0.2) is 5.92 Å². The molecule has 1 N–H and O–H groups in total. The van der Waals surface area contributed by atoms with Crippen molar-refractivity contribution in [1.29, 1.82) is 0 Å². The van der Waals surface area contributed by atoms with Crippen molar-refractivity contribution in [3.8, 4) is 0 Å². The molecule has 152 valence electrons. The fourth-order valence-corrected chi connectivity index (χ4v) is 3.70. The molecule has 1 saturated heterocycles. The summed E-state index contributed by atoms with van der Waals surface area (Å²) in [6.07, 6.45) is 1.51. The number of furan rings is 1. The summed E-state index contributed by atoms with van der Waals surface area (Å²) in [4.78, 5) is 34.2. The number of para-hydroxylation sites is 1. The van der Waals surface area contributed by atoms with Crippen molar-refractivity contribution < 1.29 is 18.7 Å². The molecule has 0 spiro atoms. The summed E-state index contributed by atoms with van der Waals surface area (Å²) >= 11 is 0. The van der Waals surface area contributed by atoms with E-state index in [9.17, 15) is 9.59 Å². The summed E-state index contributed by atoms with van der Waals surface area (Å²) in [5.41, 5.74) is 1.18. The van der Waals surface area contributed by atoms with Crippen LogP contribution in [0.5, 0.6) is 0 Å². The van der Waals surface area contributed by atoms with Crippen LogP contribution in [0.4, 0.5) is 5.69 Å². The number of benzene rings is 1. The van der Waals surface area contributed by atoms with E-state index in [0.717, 1.165) is 13.1 Å². The highest BCUT2D eigenvalue weighted by molar-refractivity contribution is 6.08. The number of ether oxygens (including phenoxy) is 1. The monoisotopic (exact) mass is 396 g/mol. The van der Waals surface area contributed by atoms with E-state index in [2.05, 4.69) is 27.3 Å². The SMILES string of the molecule is CCOC(=O)[C@@H]1C(=O)NC(N2CCN(c3ccccc3)CC2)=N[C@H]1c1ccco1. The zero-order chi connectivity index (χ0) is 20.2. The van der Waals surface area contributed by atoms with Crippen LogP contribution in [0, 0.1) is 5.92 Å². The number of guanidine groups is 1. The van der Waals surface area contributed by atoms with Crippen LogP contribution < -0.4 is 10.2 Å². The fourth-order valence-electron chi connectivity index (χ4n) is 3.70. The largest absolute Gasteiger partial charge is 0.467 e. The van der Waals surface area contributed by atoms with Crippen LogP contribution >= 0.6 is 0 Å². The van der Waals surface area contributed by atoms with Crippen molar-refractivity contribution >= 4 is 23.5 Å². The van der Waals surface area contributed by atoms with Gasteiger partial charge in [-0.2, -0.15) is 0 Å². The lowest BCUT2D eigenvalue weighted by molar-refractivity contribution is -0.153. The Kier molecular flexibility index (Phi) is 5.50. The molecule has 3 heterocycles. The molecule has 2 atom stereocenters. The predicted octanol–water partition coefficient (Wildman–Crippen LogP) is 1.81. The lowest BCUT2D eigenvalue weighted by Gasteiger charge is -2.39. The van der Waals surface area contributed by atoms with Gasteiger partial charge in [-0.25, -0.2) is 4.99 Å². The Morgan fingerprint density at radius 3 is 2.52 bits per heavy atom. The lowest BCUT2D eigenvalue weighted by atomic mass is 9.95. The highest BCUT2D eigenvalue weighted by atomic mass is 16.5. The van der Waals surface area contributed by atoms with E-state index in [0.29, 0.717) is 24.8 Å². The zero-order valence-electron chi connectivity index (χ0n) is 16.3. The van der Waals surface area contributed by atoms with Gasteiger partial charge in [0.1, 0.15) is 11.8 Å². The number of amides is 1. The van der Waals surface area contributed by atoms with Gasteiger partial charge in [0.25, 0.3) is 0 Å². The Balaban J connectivity index is 1.53. The van der Waals surface area contributed by atoms with Crippen molar-refractivity contribution in [1.82, 2.24) is 10.2 Å². The zero-order valence-corrected chi connectivity index (χ0v) is 16.3. The number of anilines is 1. The Bertz CT molecular complexity index is 873.